The summed E-state index contributed by atoms with van der Waals surface area (Å²) in [5.74, 6) is 0. The third kappa shape index (κ3) is 3.69. The molecule has 0 unspecified atom stereocenters. The summed E-state index contributed by atoms with van der Waals surface area (Å²) in [4.78, 5) is 2.59. The summed E-state index contributed by atoms with van der Waals surface area (Å²) in [5.41, 5.74) is 19.1. The lowest BCUT2D eigenvalue weighted by molar-refractivity contribution is 0.661. The van der Waals surface area contributed by atoms with Crippen LogP contribution in [0.15, 0.2) is 176 Å². The van der Waals surface area contributed by atoms with E-state index in [9.17, 15) is 0 Å². The van der Waals surface area contributed by atoms with Crippen molar-refractivity contribution in [3.63, 3.8) is 0 Å². The van der Waals surface area contributed by atoms with Crippen LogP contribution in [0.3, 0.4) is 0 Å². The Hall–Kier alpha value is -6.22. The lowest BCUT2D eigenvalue weighted by Crippen LogP contribution is -2.26. The number of nitrogens with zero attached hydrogens (tertiary/aromatic N) is 1. The predicted octanol–water partition coefficient (Wildman–Crippen LogP) is 14.2. The Bertz CT molecular complexity index is 2990. The van der Waals surface area contributed by atoms with Gasteiger partial charge in [0, 0.05) is 31.3 Å². The van der Waals surface area contributed by atoms with Gasteiger partial charge in [-0.2, -0.15) is 0 Å². The molecule has 54 heavy (non-hydrogen) atoms. The number of hydrogen-bond donors (Lipinski definition) is 0. The van der Waals surface area contributed by atoms with E-state index in [2.05, 4.69) is 195 Å². The number of thiophene rings is 1. The summed E-state index contributed by atoms with van der Waals surface area (Å²) < 4.78 is 2.62. The smallest absolute Gasteiger partial charge is 0.0726 e. The maximum absolute atomic E-state index is 2.59. The Morgan fingerprint density at radius 2 is 0.907 bits per heavy atom. The normalized spacial score (nSPS) is 14.8. The Morgan fingerprint density at radius 1 is 0.407 bits per heavy atom. The van der Waals surface area contributed by atoms with Gasteiger partial charge in [0.1, 0.15) is 0 Å². The van der Waals surface area contributed by atoms with Crippen LogP contribution < -0.4 is 4.90 Å². The molecule has 12 rings (SSSR count). The quantitative estimate of drug-likeness (QED) is 0.177. The van der Waals surface area contributed by atoms with Gasteiger partial charge in [-0.15, -0.1) is 11.3 Å². The summed E-state index contributed by atoms with van der Waals surface area (Å²) in [6.45, 7) is 4.81. The summed E-state index contributed by atoms with van der Waals surface area (Å²) in [6, 6.07) is 66.3. The van der Waals surface area contributed by atoms with Crippen LogP contribution >= 0.6 is 11.3 Å². The van der Waals surface area contributed by atoms with Gasteiger partial charge in [-0.05, 0) is 103 Å². The van der Waals surface area contributed by atoms with Gasteiger partial charge in [-0.1, -0.05) is 153 Å². The van der Waals surface area contributed by atoms with E-state index in [0.717, 1.165) is 0 Å². The van der Waals surface area contributed by atoms with Gasteiger partial charge in [0.05, 0.1) is 16.8 Å². The van der Waals surface area contributed by atoms with Crippen LogP contribution in [0, 0.1) is 0 Å². The zero-order valence-electron chi connectivity index (χ0n) is 30.1. The van der Waals surface area contributed by atoms with Crippen LogP contribution in [0.4, 0.5) is 17.1 Å². The average molecular weight is 706 g/mol. The van der Waals surface area contributed by atoms with Crippen molar-refractivity contribution in [3.05, 3.63) is 209 Å². The Morgan fingerprint density at radius 3 is 1.59 bits per heavy atom. The number of anilines is 3. The zero-order chi connectivity index (χ0) is 35.8. The topological polar surface area (TPSA) is 3.24 Å². The van der Waals surface area contributed by atoms with Gasteiger partial charge in [0.2, 0.25) is 0 Å². The van der Waals surface area contributed by atoms with E-state index in [1.54, 1.807) is 0 Å². The van der Waals surface area contributed by atoms with E-state index in [0.29, 0.717) is 0 Å². The van der Waals surface area contributed by atoms with Gasteiger partial charge >= 0.3 is 0 Å². The highest BCUT2D eigenvalue weighted by Gasteiger charge is 2.51. The van der Waals surface area contributed by atoms with Crippen LogP contribution in [0.1, 0.15) is 47.2 Å². The third-order valence-electron chi connectivity index (χ3n) is 12.7. The first-order valence-corrected chi connectivity index (χ1v) is 19.8. The van der Waals surface area contributed by atoms with Crippen LogP contribution in [-0.2, 0) is 10.8 Å². The molecule has 2 heteroatoms. The van der Waals surface area contributed by atoms with Crippen molar-refractivity contribution in [1.29, 1.82) is 0 Å². The van der Waals surface area contributed by atoms with Crippen molar-refractivity contribution in [3.8, 4) is 33.4 Å². The summed E-state index contributed by atoms with van der Waals surface area (Å²) in [7, 11) is 0. The fourth-order valence-corrected chi connectivity index (χ4v) is 11.7. The van der Waals surface area contributed by atoms with Gasteiger partial charge in [0.15, 0.2) is 0 Å². The molecule has 0 bridgehead atoms. The fraction of sp³-hybridized carbons (Fsp3) is 0.0769. The second-order valence-corrected chi connectivity index (χ2v) is 16.7. The Kier molecular flexibility index (Phi) is 5.99. The first-order valence-electron chi connectivity index (χ1n) is 18.9. The average Bonchev–Trinajstić information content (AvgIpc) is 3.91. The molecule has 8 aromatic carbocycles. The molecule has 0 amide bonds. The van der Waals surface area contributed by atoms with E-state index >= 15 is 0 Å². The monoisotopic (exact) mass is 705 g/mol. The molecule has 0 saturated carbocycles. The molecule has 1 heterocycles. The van der Waals surface area contributed by atoms with E-state index in [1.807, 2.05) is 11.3 Å². The molecule has 3 aliphatic carbocycles. The molecule has 0 fully saturated rings. The predicted molar refractivity (Wildman–Crippen MR) is 228 cm³/mol. The molecule has 0 N–H and O–H groups in total. The molecule has 0 radical (unpaired) electrons. The Balaban J connectivity index is 1.20. The minimum absolute atomic E-state index is 0.192. The number of hydrogen-bond acceptors (Lipinski definition) is 2. The van der Waals surface area contributed by atoms with Crippen molar-refractivity contribution >= 4 is 48.6 Å². The van der Waals surface area contributed by atoms with Gasteiger partial charge in [-0.3, -0.25) is 0 Å². The van der Waals surface area contributed by atoms with Crippen LogP contribution in [-0.4, -0.2) is 0 Å². The largest absolute Gasteiger partial charge is 0.309 e. The third-order valence-corrected chi connectivity index (χ3v) is 13.8. The molecule has 1 nitrogen and oxygen atoms in total. The summed E-state index contributed by atoms with van der Waals surface area (Å²) in [5, 5.41) is 2.61. The maximum Gasteiger partial charge on any atom is 0.0726 e. The number of rotatable bonds is 3. The second kappa shape index (κ2) is 10.7. The molecule has 0 saturated heterocycles. The van der Waals surface area contributed by atoms with Crippen LogP contribution in [0.25, 0.3) is 53.6 Å². The van der Waals surface area contributed by atoms with Crippen molar-refractivity contribution in [2.24, 2.45) is 0 Å². The lowest BCUT2D eigenvalue weighted by atomic mass is 9.70. The van der Waals surface area contributed by atoms with Crippen molar-refractivity contribution in [2.45, 2.75) is 24.7 Å². The molecule has 254 valence electrons. The van der Waals surface area contributed by atoms with Crippen molar-refractivity contribution in [2.75, 3.05) is 4.90 Å². The molecular formula is C52H35NS. The second-order valence-electron chi connectivity index (χ2n) is 15.6. The highest BCUT2D eigenvalue weighted by atomic mass is 32.1. The summed E-state index contributed by atoms with van der Waals surface area (Å²) in [6.07, 6.45) is 0. The van der Waals surface area contributed by atoms with Crippen LogP contribution in [0.5, 0.6) is 0 Å². The molecule has 9 aromatic rings. The van der Waals surface area contributed by atoms with E-state index < -0.39 is 5.41 Å². The first kappa shape index (κ1) is 30.3. The highest BCUT2D eigenvalue weighted by molar-refractivity contribution is 7.26. The zero-order valence-corrected chi connectivity index (χ0v) is 30.9. The minimum Gasteiger partial charge on any atom is -0.309 e. The molecule has 1 aromatic heterocycles. The molecular weight excluding hydrogens is 671 g/mol. The molecule has 1 spiro atoms. The Labute approximate surface area is 319 Å². The number of fused-ring (bicyclic) bond motifs is 16. The van der Waals surface area contributed by atoms with E-state index in [-0.39, 0.29) is 5.41 Å². The maximum atomic E-state index is 2.59. The lowest BCUT2D eigenvalue weighted by Gasteiger charge is -2.34. The van der Waals surface area contributed by atoms with E-state index in [4.69, 9.17) is 0 Å². The minimum atomic E-state index is -0.421. The summed E-state index contributed by atoms with van der Waals surface area (Å²) >= 11 is 1.88. The SMILES string of the molecule is CC1(C)c2ccccc2-c2cccc(N(c3ccc4c(c3)C3(c5ccccc5-c5ccccc53)c3ccccc3-4)c3cccc4sc5ccccc5c34)c21. The molecule has 3 aliphatic rings. The first-order chi connectivity index (χ1) is 26.6. The number of benzene rings is 8. The van der Waals surface area contributed by atoms with Crippen molar-refractivity contribution < 1.29 is 0 Å². The van der Waals surface area contributed by atoms with Gasteiger partial charge in [-0.25, -0.2) is 0 Å². The highest BCUT2D eigenvalue weighted by Crippen LogP contribution is 2.64. The van der Waals surface area contributed by atoms with Gasteiger partial charge < -0.3 is 4.90 Å². The van der Waals surface area contributed by atoms with Crippen molar-refractivity contribution in [1.82, 2.24) is 0 Å². The molecule has 0 atom stereocenters. The van der Waals surface area contributed by atoms with Crippen LogP contribution in [0.2, 0.25) is 0 Å². The standard InChI is InChI=1S/C52H35NS/c1-51(2)40-21-8-3-18-36(40)38-20-13-26-46(50(38)51)53(45-25-14-28-48-49(45)39-19-7-12-27-47(39)54-48)32-29-30-37-35-17-6-11-24-43(35)52(44(37)31-32)41-22-9-4-15-33(41)34-16-5-10-23-42(34)52/h3-31H,1-2H3. The fourth-order valence-electron chi connectivity index (χ4n) is 10.6. The van der Waals surface area contributed by atoms with Gasteiger partial charge in [0.25, 0.3) is 0 Å². The van der Waals surface area contributed by atoms with E-state index in [1.165, 1.54) is 104 Å². The molecule has 0 aliphatic heterocycles.